The Balaban J connectivity index is 1.84. The van der Waals surface area contributed by atoms with Crippen LogP contribution in [0.25, 0.3) is 10.2 Å². The monoisotopic (exact) mass is 460 g/mol. The van der Waals surface area contributed by atoms with E-state index in [9.17, 15) is 9.18 Å². The second kappa shape index (κ2) is 8.60. The number of carbonyl (C=O) groups is 1. The molecule has 0 saturated carbocycles. The number of amides is 1. The lowest BCUT2D eigenvalue weighted by atomic mass is 10.1. The van der Waals surface area contributed by atoms with E-state index in [1.165, 1.54) is 28.4 Å². The van der Waals surface area contributed by atoms with Crippen LogP contribution in [-0.4, -0.2) is 18.0 Å². The molecular weight excluding hydrogens is 446 g/mol. The van der Waals surface area contributed by atoms with Crippen molar-refractivity contribution in [2.24, 2.45) is 0 Å². The lowest BCUT2D eigenvalue weighted by Crippen LogP contribution is -2.30. The van der Waals surface area contributed by atoms with Gasteiger partial charge in [-0.2, -0.15) is 0 Å². The number of carbonyl (C=O) groups excluding carboxylic acids is 1. The van der Waals surface area contributed by atoms with E-state index in [4.69, 9.17) is 27.9 Å². The maximum atomic E-state index is 13.5. The highest BCUT2D eigenvalue weighted by molar-refractivity contribution is 7.23. The number of nitrogens with zero attached hydrogens (tertiary/aromatic N) is 2. The number of thiazole rings is 1. The Kier molecular flexibility index (Phi) is 5.90. The van der Waals surface area contributed by atoms with Gasteiger partial charge < -0.3 is 4.74 Å². The van der Waals surface area contributed by atoms with Gasteiger partial charge in [0, 0.05) is 0 Å². The van der Waals surface area contributed by atoms with Gasteiger partial charge in [-0.1, -0.05) is 64.9 Å². The van der Waals surface area contributed by atoms with Crippen molar-refractivity contribution in [3.8, 4) is 5.75 Å². The van der Waals surface area contributed by atoms with Crippen LogP contribution in [0.4, 0.5) is 9.52 Å². The summed E-state index contributed by atoms with van der Waals surface area (Å²) in [6, 6.07) is 16.7. The van der Waals surface area contributed by atoms with E-state index in [0.717, 1.165) is 11.6 Å². The molecule has 1 amide bonds. The van der Waals surface area contributed by atoms with Gasteiger partial charge in [-0.3, -0.25) is 9.69 Å². The van der Waals surface area contributed by atoms with Crippen LogP contribution in [-0.2, 0) is 6.54 Å². The van der Waals surface area contributed by atoms with Gasteiger partial charge in [-0.05, 0) is 35.9 Å². The van der Waals surface area contributed by atoms with Crippen LogP contribution in [0.15, 0.2) is 60.7 Å². The highest BCUT2D eigenvalue weighted by Gasteiger charge is 2.25. The molecule has 0 aliphatic rings. The Hall–Kier alpha value is -2.67. The summed E-state index contributed by atoms with van der Waals surface area (Å²) in [6.45, 7) is 0.257. The largest absolute Gasteiger partial charge is 0.494 e. The van der Waals surface area contributed by atoms with Crippen LogP contribution in [0.2, 0.25) is 10.0 Å². The molecule has 30 heavy (non-hydrogen) atoms. The molecule has 1 heterocycles. The molecule has 0 saturated heterocycles. The van der Waals surface area contributed by atoms with E-state index in [-0.39, 0.29) is 17.1 Å². The zero-order valence-corrected chi connectivity index (χ0v) is 18.1. The third-order valence-electron chi connectivity index (χ3n) is 4.49. The molecule has 0 fully saturated rings. The molecule has 3 aromatic carbocycles. The molecule has 0 atom stereocenters. The molecule has 4 nitrogen and oxygen atoms in total. The van der Waals surface area contributed by atoms with Gasteiger partial charge in [0.25, 0.3) is 5.91 Å². The number of rotatable bonds is 5. The fraction of sp³-hybridized carbons (Fsp3) is 0.0909. The van der Waals surface area contributed by atoms with E-state index in [1.807, 2.05) is 30.3 Å². The maximum Gasteiger partial charge on any atom is 0.261 e. The van der Waals surface area contributed by atoms with Gasteiger partial charge in [-0.15, -0.1) is 0 Å². The number of aromatic nitrogens is 1. The highest BCUT2D eigenvalue weighted by Crippen LogP contribution is 2.39. The van der Waals surface area contributed by atoms with Crippen molar-refractivity contribution in [1.29, 1.82) is 0 Å². The van der Waals surface area contributed by atoms with Gasteiger partial charge in [0.2, 0.25) is 0 Å². The Morgan fingerprint density at radius 3 is 2.57 bits per heavy atom. The van der Waals surface area contributed by atoms with Crippen molar-refractivity contribution in [3.05, 3.63) is 87.7 Å². The number of ether oxygens (including phenoxy) is 1. The van der Waals surface area contributed by atoms with Crippen molar-refractivity contribution in [3.63, 3.8) is 0 Å². The van der Waals surface area contributed by atoms with Crippen molar-refractivity contribution in [2.45, 2.75) is 6.54 Å². The fourth-order valence-electron chi connectivity index (χ4n) is 3.02. The molecule has 1 aromatic heterocycles. The Bertz CT molecular complexity index is 1230. The fourth-order valence-corrected chi connectivity index (χ4v) is 4.52. The summed E-state index contributed by atoms with van der Waals surface area (Å²) < 4.78 is 19.6. The number of benzene rings is 3. The molecule has 0 unspecified atom stereocenters. The average Bonchev–Trinajstić information content (AvgIpc) is 3.19. The number of fused-ring (bicyclic) bond motifs is 1. The molecular formula is C22H15Cl2FN2O2S. The number of methoxy groups -OCH3 is 1. The minimum Gasteiger partial charge on any atom is -0.494 e. The van der Waals surface area contributed by atoms with Gasteiger partial charge >= 0.3 is 0 Å². The lowest BCUT2D eigenvalue weighted by molar-refractivity contribution is 0.0985. The molecule has 0 aliphatic heterocycles. The van der Waals surface area contributed by atoms with E-state index in [0.29, 0.717) is 26.1 Å². The summed E-state index contributed by atoms with van der Waals surface area (Å²) in [6.07, 6.45) is 0. The maximum absolute atomic E-state index is 13.5. The van der Waals surface area contributed by atoms with Crippen molar-refractivity contribution >= 4 is 55.8 Å². The second-order valence-corrected chi connectivity index (χ2v) is 8.22. The summed E-state index contributed by atoms with van der Waals surface area (Å²) in [5.41, 5.74) is 1.66. The molecule has 0 aliphatic carbocycles. The average molecular weight is 461 g/mol. The molecule has 0 bridgehead atoms. The first-order valence-corrected chi connectivity index (χ1v) is 10.5. The first-order chi connectivity index (χ1) is 14.5. The minimum absolute atomic E-state index is 0.0368. The van der Waals surface area contributed by atoms with Crippen LogP contribution in [0.5, 0.6) is 5.75 Å². The summed E-state index contributed by atoms with van der Waals surface area (Å²) in [4.78, 5) is 19.6. The van der Waals surface area contributed by atoms with Crippen LogP contribution < -0.4 is 9.64 Å². The Morgan fingerprint density at radius 2 is 1.87 bits per heavy atom. The highest BCUT2D eigenvalue weighted by atomic mass is 35.5. The summed E-state index contributed by atoms with van der Waals surface area (Å²) >= 11 is 13.8. The summed E-state index contributed by atoms with van der Waals surface area (Å²) in [5, 5.41) is 0.988. The normalized spacial score (nSPS) is 10.9. The van der Waals surface area contributed by atoms with E-state index in [1.54, 1.807) is 19.2 Å². The summed E-state index contributed by atoms with van der Waals surface area (Å²) in [5.74, 6) is -0.343. The van der Waals surface area contributed by atoms with Crippen LogP contribution >= 0.6 is 34.5 Å². The Morgan fingerprint density at radius 1 is 1.10 bits per heavy atom. The zero-order valence-electron chi connectivity index (χ0n) is 15.7. The molecule has 0 spiro atoms. The van der Waals surface area contributed by atoms with Gasteiger partial charge in [0.1, 0.15) is 17.1 Å². The lowest BCUT2D eigenvalue weighted by Gasteiger charge is -2.20. The predicted molar refractivity (Wildman–Crippen MR) is 120 cm³/mol. The number of halogens is 3. The van der Waals surface area contributed by atoms with Crippen LogP contribution in [0.1, 0.15) is 15.9 Å². The summed E-state index contributed by atoms with van der Waals surface area (Å²) in [7, 11) is 1.55. The third-order valence-corrected chi connectivity index (χ3v) is 6.34. The van der Waals surface area contributed by atoms with E-state index >= 15 is 0 Å². The number of hydrogen-bond donors (Lipinski definition) is 0. The van der Waals surface area contributed by atoms with Gasteiger partial charge in [0.15, 0.2) is 5.13 Å². The first-order valence-electron chi connectivity index (χ1n) is 8.92. The quantitative estimate of drug-likeness (QED) is 0.337. The SMILES string of the molecule is COc1ccc(Cl)c2sc(N(Cc3ccccc3)C(=O)c3ccc(F)cc3Cl)nc12. The van der Waals surface area contributed by atoms with Crippen molar-refractivity contribution in [2.75, 3.05) is 12.0 Å². The molecule has 4 rings (SSSR count). The first kappa shape index (κ1) is 20.6. The van der Waals surface area contributed by atoms with Crippen LogP contribution in [0, 0.1) is 5.82 Å². The molecule has 0 N–H and O–H groups in total. The number of anilines is 1. The zero-order chi connectivity index (χ0) is 21.3. The minimum atomic E-state index is -0.511. The van der Waals surface area contributed by atoms with Crippen molar-refractivity contribution < 1.29 is 13.9 Å². The van der Waals surface area contributed by atoms with Gasteiger partial charge in [-0.25, -0.2) is 9.37 Å². The third kappa shape index (κ3) is 3.99. The predicted octanol–water partition coefficient (Wildman–Crippen LogP) is 6.60. The Labute approximate surface area is 186 Å². The topological polar surface area (TPSA) is 42.4 Å². The van der Waals surface area contributed by atoms with Gasteiger partial charge in [0.05, 0.1) is 34.0 Å². The molecule has 0 radical (unpaired) electrons. The standard InChI is InChI=1S/C22H15Cl2FN2O2S/c1-29-18-10-9-16(23)20-19(18)26-22(30-20)27(12-13-5-3-2-4-6-13)21(28)15-8-7-14(25)11-17(15)24/h2-11H,12H2,1H3. The molecule has 152 valence electrons. The second-order valence-electron chi connectivity index (χ2n) is 6.42. The van der Waals surface area contributed by atoms with Crippen molar-refractivity contribution in [1.82, 2.24) is 4.98 Å². The smallest absolute Gasteiger partial charge is 0.261 e. The number of hydrogen-bond acceptors (Lipinski definition) is 4. The molecule has 8 heteroatoms. The molecule has 4 aromatic rings. The van der Waals surface area contributed by atoms with E-state index < -0.39 is 11.7 Å². The van der Waals surface area contributed by atoms with E-state index in [2.05, 4.69) is 4.98 Å². The van der Waals surface area contributed by atoms with Crippen LogP contribution in [0.3, 0.4) is 0 Å².